The fourth-order valence-corrected chi connectivity index (χ4v) is 7.67. The third-order valence-corrected chi connectivity index (χ3v) is 9.62. The van der Waals surface area contributed by atoms with Crippen molar-refractivity contribution in [2.45, 2.75) is 116 Å². The zero-order valence-corrected chi connectivity index (χ0v) is 28.6. The highest BCUT2D eigenvalue weighted by Crippen LogP contribution is 2.41. The number of ether oxygens (including phenoxy) is 1. The Morgan fingerprint density at radius 3 is 1.51 bits per heavy atom. The quantitative estimate of drug-likeness (QED) is 0.250. The largest absolute Gasteiger partial charge is 0.481 e. The topological polar surface area (TPSA) is 131 Å². The van der Waals surface area contributed by atoms with Crippen LogP contribution in [0.5, 0.6) is 0 Å². The highest BCUT2D eigenvalue weighted by Gasteiger charge is 2.48. The average molecular weight is 641 g/mol. The number of aliphatic hydroxyl groups excluding tert-OH is 1. The smallest absolute Gasteiger partial charge is 0.309 e. The van der Waals surface area contributed by atoms with Gasteiger partial charge in [-0.05, 0) is 132 Å². The summed E-state index contributed by atoms with van der Waals surface area (Å²) in [6.07, 6.45) is 3.77. The van der Waals surface area contributed by atoms with Crippen molar-refractivity contribution in [1.29, 1.82) is 0 Å². The number of carboxylic acid groups (broad SMARTS) is 1. The number of carbonyl (C=O) groups is 2. The number of nitrogens with zero attached hydrogens (tertiary/aromatic N) is 2. The van der Waals surface area contributed by atoms with Gasteiger partial charge in [0.05, 0.1) is 18.4 Å². The van der Waals surface area contributed by atoms with Crippen LogP contribution in [0.2, 0.25) is 0 Å². The van der Waals surface area contributed by atoms with Gasteiger partial charge < -0.3 is 25.4 Å². The number of carboxylic acids is 1. The zero-order chi connectivity index (χ0) is 32.6. The molecule has 2 aromatic heterocycles. The second kappa shape index (κ2) is 15.4. The molecule has 0 aromatic carbocycles. The van der Waals surface area contributed by atoms with Crippen molar-refractivity contribution in [3.8, 4) is 0 Å². The first-order chi connectivity index (χ1) is 19.8. The maximum atomic E-state index is 12.3. The van der Waals surface area contributed by atoms with Crippen molar-refractivity contribution in [2.75, 3.05) is 13.2 Å². The lowest BCUT2D eigenvalue weighted by Gasteiger charge is -2.50. The fourth-order valence-electron chi connectivity index (χ4n) is 6.27. The lowest BCUT2D eigenvalue weighted by atomic mass is 9.75. The van der Waals surface area contributed by atoms with Crippen LogP contribution in [0, 0.1) is 11.8 Å². The molecule has 0 amide bonds. The second-order valence-electron chi connectivity index (χ2n) is 14.1. The standard InChI is InChI=1S/C16H25NO3S.C10H19NO3.C6H8OS/c1-15(2)9-13(10-16(3,4)17(15)19)14(18)20-7-5-12-6-8-21-11-12;1-9(2)5-7(8(12)13)6-10(3,4)11(9)14;7-3-1-6-2-4-8-5-6/h6,8,11,13,19H,5,7,9-10H2,1-4H3;7,14H,5-6H2,1-4H3,(H,12,13);2,4-5,7H,1,3H2. The van der Waals surface area contributed by atoms with Crippen molar-refractivity contribution in [2.24, 2.45) is 11.8 Å². The number of aliphatic carboxylic acids is 1. The number of esters is 1. The van der Waals surface area contributed by atoms with Gasteiger partial charge >= 0.3 is 11.9 Å². The average Bonchev–Trinajstić information content (AvgIpc) is 3.61. The monoisotopic (exact) mass is 640 g/mol. The van der Waals surface area contributed by atoms with Gasteiger partial charge in [0.25, 0.3) is 0 Å². The van der Waals surface area contributed by atoms with Gasteiger partial charge in [0.15, 0.2) is 0 Å². The maximum Gasteiger partial charge on any atom is 0.309 e. The van der Waals surface area contributed by atoms with Gasteiger partial charge in [-0.1, -0.05) is 0 Å². The van der Waals surface area contributed by atoms with Crippen LogP contribution in [-0.2, 0) is 27.2 Å². The van der Waals surface area contributed by atoms with Gasteiger partial charge in [0.1, 0.15) is 0 Å². The van der Waals surface area contributed by atoms with Gasteiger partial charge in [0.2, 0.25) is 0 Å². The Kier molecular flexibility index (Phi) is 13.4. The van der Waals surface area contributed by atoms with Gasteiger partial charge in [-0.15, -0.1) is 0 Å². The van der Waals surface area contributed by atoms with E-state index in [1.54, 1.807) is 22.7 Å². The molecule has 4 heterocycles. The van der Waals surface area contributed by atoms with E-state index >= 15 is 0 Å². The minimum absolute atomic E-state index is 0.139. The molecule has 0 aliphatic carbocycles. The Bertz CT molecular complexity index is 1090. The first-order valence-electron chi connectivity index (χ1n) is 14.8. The molecule has 9 nitrogen and oxygen atoms in total. The molecule has 0 atom stereocenters. The summed E-state index contributed by atoms with van der Waals surface area (Å²) >= 11 is 3.32. The number of hydroxylamine groups is 4. The van der Waals surface area contributed by atoms with Crippen LogP contribution in [0.25, 0.3) is 0 Å². The molecular weight excluding hydrogens is 588 g/mol. The van der Waals surface area contributed by atoms with Crippen molar-refractivity contribution in [3.63, 3.8) is 0 Å². The van der Waals surface area contributed by atoms with E-state index in [9.17, 15) is 20.0 Å². The molecule has 43 heavy (non-hydrogen) atoms. The Balaban J connectivity index is 0.000000251. The lowest BCUT2D eigenvalue weighted by Crippen LogP contribution is -2.60. The van der Waals surface area contributed by atoms with Crippen LogP contribution in [0.4, 0.5) is 0 Å². The minimum atomic E-state index is -0.765. The molecule has 2 aliphatic rings. The van der Waals surface area contributed by atoms with Gasteiger partial charge in [-0.2, -0.15) is 32.8 Å². The molecule has 2 fully saturated rings. The maximum absolute atomic E-state index is 12.3. The van der Waals surface area contributed by atoms with Crippen LogP contribution in [-0.4, -0.2) is 78.1 Å². The summed E-state index contributed by atoms with van der Waals surface area (Å²) < 4.78 is 5.44. The van der Waals surface area contributed by atoms with Crippen molar-refractivity contribution in [3.05, 3.63) is 44.8 Å². The molecule has 0 radical (unpaired) electrons. The van der Waals surface area contributed by atoms with E-state index in [0.29, 0.717) is 32.3 Å². The van der Waals surface area contributed by atoms with Crippen molar-refractivity contribution < 1.29 is 35.0 Å². The highest BCUT2D eigenvalue weighted by atomic mass is 32.1. The molecule has 4 rings (SSSR count). The predicted octanol–water partition coefficient (Wildman–Crippen LogP) is 6.50. The summed E-state index contributed by atoms with van der Waals surface area (Å²) in [6.45, 7) is 16.0. The van der Waals surface area contributed by atoms with Gasteiger partial charge in [0, 0.05) is 35.2 Å². The molecular formula is C32H52N2O7S2. The Morgan fingerprint density at radius 2 is 1.16 bits per heavy atom. The third kappa shape index (κ3) is 10.9. The van der Waals surface area contributed by atoms with E-state index in [0.717, 1.165) is 12.8 Å². The summed E-state index contributed by atoms with van der Waals surface area (Å²) in [4.78, 5) is 23.2. The van der Waals surface area contributed by atoms with E-state index in [4.69, 9.17) is 14.9 Å². The Labute approximate surface area is 265 Å². The first-order valence-corrected chi connectivity index (χ1v) is 16.7. The molecule has 11 heteroatoms. The first kappa shape index (κ1) is 37.3. The molecule has 4 N–H and O–H groups in total. The normalized spacial score (nSPS) is 21.6. The van der Waals surface area contributed by atoms with E-state index in [2.05, 4.69) is 16.8 Å². The number of hydrogen-bond acceptors (Lipinski definition) is 10. The number of aliphatic hydroxyl groups is 1. The second-order valence-corrected chi connectivity index (χ2v) is 15.6. The van der Waals surface area contributed by atoms with E-state index < -0.39 is 28.1 Å². The summed E-state index contributed by atoms with van der Waals surface area (Å²) in [7, 11) is 0. The van der Waals surface area contributed by atoms with Crippen LogP contribution >= 0.6 is 22.7 Å². The van der Waals surface area contributed by atoms with Crippen molar-refractivity contribution in [1.82, 2.24) is 10.1 Å². The molecule has 0 unspecified atom stereocenters. The van der Waals surface area contributed by atoms with Crippen LogP contribution in [0.3, 0.4) is 0 Å². The van der Waals surface area contributed by atoms with E-state index in [1.807, 2.05) is 72.2 Å². The SMILES string of the molecule is CC1(C)CC(C(=O)O)CC(C)(C)N1O.CC1(C)CC(C(=O)OCCc2ccsc2)CC(C)(C)N1O.OCCc1ccsc1. The molecule has 0 bridgehead atoms. The van der Waals surface area contributed by atoms with Crippen molar-refractivity contribution >= 4 is 34.6 Å². The number of thiophene rings is 2. The van der Waals surface area contributed by atoms with Gasteiger partial charge in [-0.25, -0.2) is 0 Å². The molecule has 244 valence electrons. The number of hydrogen-bond donors (Lipinski definition) is 4. The highest BCUT2D eigenvalue weighted by molar-refractivity contribution is 7.08. The molecule has 2 saturated heterocycles. The van der Waals surface area contributed by atoms with Gasteiger partial charge in [-0.3, -0.25) is 9.59 Å². The Hall–Kier alpha value is -1.86. The Morgan fingerprint density at radius 1 is 0.767 bits per heavy atom. The summed E-state index contributed by atoms with van der Waals surface area (Å²) in [5, 5.41) is 48.4. The molecule has 0 spiro atoms. The van der Waals surface area contributed by atoms with Crippen LogP contribution in [0.15, 0.2) is 33.7 Å². The lowest BCUT2D eigenvalue weighted by molar-refractivity contribution is -0.251. The van der Waals surface area contributed by atoms with E-state index in [1.165, 1.54) is 21.3 Å². The summed E-state index contributed by atoms with van der Waals surface area (Å²) in [5.74, 6) is -1.41. The third-order valence-electron chi connectivity index (χ3n) is 8.16. The molecule has 2 aromatic rings. The summed E-state index contributed by atoms with van der Waals surface area (Å²) in [5.41, 5.74) is 0.670. The number of carbonyl (C=O) groups excluding carboxylic acids is 1. The molecule has 0 saturated carbocycles. The van der Waals surface area contributed by atoms with Crippen LogP contribution in [0.1, 0.15) is 92.2 Å². The number of rotatable bonds is 7. The predicted molar refractivity (Wildman–Crippen MR) is 171 cm³/mol. The van der Waals surface area contributed by atoms with E-state index in [-0.39, 0.29) is 24.4 Å². The van der Waals surface area contributed by atoms with Crippen LogP contribution < -0.4 is 0 Å². The minimum Gasteiger partial charge on any atom is -0.481 e. The number of piperidine rings is 2. The zero-order valence-electron chi connectivity index (χ0n) is 27.0. The fraction of sp³-hybridized carbons (Fsp3) is 0.688. The summed E-state index contributed by atoms with van der Waals surface area (Å²) in [6, 6.07) is 4.08. The molecule has 2 aliphatic heterocycles.